The molecule has 1 aromatic heterocycles. The van der Waals surface area contributed by atoms with E-state index in [0.717, 1.165) is 31.1 Å². The van der Waals surface area contributed by atoms with Gasteiger partial charge in [-0.2, -0.15) is 0 Å². The number of carboxylic acid groups (broad SMARTS) is 1. The van der Waals surface area contributed by atoms with Crippen LogP contribution in [0.1, 0.15) is 49.0 Å². The van der Waals surface area contributed by atoms with Gasteiger partial charge in [-0.3, -0.25) is 0 Å². The number of anilines is 1. The van der Waals surface area contributed by atoms with Gasteiger partial charge >= 0.3 is 5.97 Å². The number of carboxylic acids is 1. The molecule has 1 aromatic rings. The quantitative estimate of drug-likeness (QED) is 0.926. The number of nitrogens with zero attached hydrogens (tertiary/aromatic N) is 3. The van der Waals surface area contributed by atoms with E-state index in [2.05, 4.69) is 28.9 Å². The van der Waals surface area contributed by atoms with Crippen LogP contribution in [-0.4, -0.2) is 54.2 Å². The number of aromatic nitrogens is 1. The lowest BCUT2D eigenvalue weighted by molar-refractivity contribution is 0.0699. The predicted octanol–water partition coefficient (Wildman–Crippen LogP) is 2.67. The Hall–Kier alpha value is -1.14. The zero-order chi connectivity index (χ0) is 15.8. The Bertz CT molecular complexity index is 519. The highest BCUT2D eigenvalue weighted by Gasteiger charge is 2.32. The van der Waals surface area contributed by atoms with Gasteiger partial charge in [0.15, 0.2) is 5.13 Å². The van der Waals surface area contributed by atoms with Gasteiger partial charge in [-0.05, 0) is 26.9 Å². The molecule has 0 aromatic carbocycles. The molecular formula is C15H25N3O2S. The lowest BCUT2D eigenvalue weighted by Crippen LogP contribution is -2.37. The number of hydrogen-bond donors (Lipinski definition) is 1. The molecule has 6 heteroatoms. The van der Waals surface area contributed by atoms with Crippen molar-refractivity contribution in [2.75, 3.05) is 32.1 Å². The van der Waals surface area contributed by atoms with Crippen LogP contribution in [0.25, 0.3) is 0 Å². The third-order valence-corrected chi connectivity index (χ3v) is 4.80. The van der Waals surface area contributed by atoms with E-state index >= 15 is 0 Å². The average molecular weight is 311 g/mol. The minimum atomic E-state index is -0.868. The standard InChI is InChI=1S/C15H25N3O2S/c1-15(2,3)12-11(13(19)20)21-14(16-12)18-8-6-7-10(18)9-17(4)5/h10H,6-9H2,1-5H3,(H,19,20). The van der Waals surface area contributed by atoms with Crippen LogP contribution in [0, 0.1) is 0 Å². The van der Waals surface area contributed by atoms with Crippen molar-refractivity contribution in [2.24, 2.45) is 0 Å². The second-order valence-corrected chi connectivity index (χ2v) is 7.96. The highest BCUT2D eigenvalue weighted by molar-refractivity contribution is 7.17. The second kappa shape index (κ2) is 5.93. The second-order valence-electron chi connectivity index (χ2n) is 6.98. The third-order valence-electron chi connectivity index (χ3n) is 3.72. The summed E-state index contributed by atoms with van der Waals surface area (Å²) in [5.41, 5.74) is 0.449. The predicted molar refractivity (Wildman–Crippen MR) is 86.7 cm³/mol. The molecule has 118 valence electrons. The molecule has 21 heavy (non-hydrogen) atoms. The Balaban J connectivity index is 2.34. The van der Waals surface area contributed by atoms with Crippen molar-refractivity contribution in [3.8, 4) is 0 Å². The maximum absolute atomic E-state index is 11.5. The van der Waals surface area contributed by atoms with E-state index in [0.29, 0.717) is 16.6 Å². The first kappa shape index (κ1) is 16.2. The van der Waals surface area contributed by atoms with Crippen molar-refractivity contribution in [2.45, 2.75) is 45.1 Å². The highest BCUT2D eigenvalue weighted by atomic mass is 32.1. The molecule has 1 N–H and O–H groups in total. The molecule has 1 atom stereocenters. The fourth-order valence-corrected chi connectivity index (χ4v) is 4.00. The molecule has 0 amide bonds. The molecule has 1 fully saturated rings. The lowest BCUT2D eigenvalue weighted by Gasteiger charge is -2.26. The molecule has 1 aliphatic rings. The summed E-state index contributed by atoms with van der Waals surface area (Å²) in [6.07, 6.45) is 2.29. The third kappa shape index (κ3) is 3.55. The molecule has 0 bridgehead atoms. The van der Waals surface area contributed by atoms with Gasteiger partial charge in [-0.25, -0.2) is 9.78 Å². The van der Waals surface area contributed by atoms with Crippen LogP contribution in [0.4, 0.5) is 5.13 Å². The molecule has 2 heterocycles. The molecule has 0 aliphatic carbocycles. The zero-order valence-corrected chi connectivity index (χ0v) is 14.3. The molecule has 0 spiro atoms. The zero-order valence-electron chi connectivity index (χ0n) is 13.5. The molecule has 0 saturated carbocycles. The Morgan fingerprint density at radius 3 is 2.62 bits per heavy atom. The molecule has 1 saturated heterocycles. The van der Waals surface area contributed by atoms with Crippen LogP contribution in [0.3, 0.4) is 0 Å². The molecule has 1 unspecified atom stereocenters. The SMILES string of the molecule is CN(C)CC1CCCN1c1nc(C(C)(C)C)c(C(=O)O)s1. The van der Waals surface area contributed by atoms with E-state index in [1.54, 1.807) is 0 Å². The number of thiazole rings is 1. The van der Waals surface area contributed by atoms with Crippen molar-refractivity contribution < 1.29 is 9.90 Å². The maximum Gasteiger partial charge on any atom is 0.347 e. The number of aromatic carboxylic acids is 1. The van der Waals surface area contributed by atoms with Crippen LogP contribution >= 0.6 is 11.3 Å². The smallest absolute Gasteiger partial charge is 0.347 e. The van der Waals surface area contributed by atoms with Gasteiger partial charge < -0.3 is 14.9 Å². The van der Waals surface area contributed by atoms with Crippen molar-refractivity contribution >= 4 is 22.4 Å². The molecular weight excluding hydrogens is 286 g/mol. The largest absolute Gasteiger partial charge is 0.477 e. The first-order chi connectivity index (χ1) is 9.70. The fraction of sp³-hybridized carbons (Fsp3) is 0.733. The summed E-state index contributed by atoms with van der Waals surface area (Å²) in [5.74, 6) is -0.868. The van der Waals surface area contributed by atoms with Gasteiger partial charge in [0.05, 0.1) is 5.69 Å². The van der Waals surface area contributed by atoms with E-state index < -0.39 is 5.97 Å². The van der Waals surface area contributed by atoms with E-state index in [-0.39, 0.29) is 5.41 Å². The summed E-state index contributed by atoms with van der Waals surface area (Å²) in [4.78, 5) is 21.0. The van der Waals surface area contributed by atoms with Gasteiger partial charge in [0, 0.05) is 24.5 Å². The van der Waals surface area contributed by atoms with Crippen molar-refractivity contribution in [3.05, 3.63) is 10.6 Å². The summed E-state index contributed by atoms with van der Waals surface area (Å²) in [5, 5.41) is 10.3. The number of rotatable bonds is 4. The highest BCUT2D eigenvalue weighted by Crippen LogP contribution is 2.36. The fourth-order valence-electron chi connectivity index (χ4n) is 2.78. The van der Waals surface area contributed by atoms with Crippen LogP contribution in [-0.2, 0) is 5.41 Å². The van der Waals surface area contributed by atoms with E-state index in [4.69, 9.17) is 0 Å². The average Bonchev–Trinajstić information content (AvgIpc) is 2.92. The molecule has 1 aliphatic heterocycles. The van der Waals surface area contributed by atoms with Crippen LogP contribution in [0.2, 0.25) is 0 Å². The van der Waals surface area contributed by atoms with Gasteiger partial charge in [0.25, 0.3) is 0 Å². The van der Waals surface area contributed by atoms with Gasteiger partial charge in [0.1, 0.15) is 4.88 Å². The summed E-state index contributed by atoms with van der Waals surface area (Å²) in [6.45, 7) is 7.99. The van der Waals surface area contributed by atoms with Crippen LogP contribution in [0.5, 0.6) is 0 Å². The Morgan fingerprint density at radius 2 is 2.14 bits per heavy atom. The summed E-state index contributed by atoms with van der Waals surface area (Å²) in [6, 6.07) is 0.431. The van der Waals surface area contributed by atoms with E-state index in [9.17, 15) is 9.90 Å². The monoisotopic (exact) mass is 311 g/mol. The molecule has 0 radical (unpaired) electrons. The topological polar surface area (TPSA) is 56.7 Å². The summed E-state index contributed by atoms with van der Waals surface area (Å²) < 4.78 is 0. The Morgan fingerprint density at radius 1 is 1.48 bits per heavy atom. The Labute approximate surface area is 130 Å². The number of hydrogen-bond acceptors (Lipinski definition) is 5. The van der Waals surface area contributed by atoms with Crippen LogP contribution < -0.4 is 4.90 Å². The summed E-state index contributed by atoms with van der Waals surface area (Å²) in [7, 11) is 4.14. The minimum absolute atomic E-state index is 0.251. The van der Waals surface area contributed by atoms with E-state index in [1.807, 2.05) is 20.8 Å². The maximum atomic E-state index is 11.5. The normalized spacial score (nSPS) is 19.5. The summed E-state index contributed by atoms with van der Waals surface area (Å²) >= 11 is 1.32. The van der Waals surface area contributed by atoms with Crippen LogP contribution in [0.15, 0.2) is 0 Å². The molecule has 5 nitrogen and oxygen atoms in total. The minimum Gasteiger partial charge on any atom is -0.477 e. The number of carbonyl (C=O) groups is 1. The first-order valence-corrected chi connectivity index (χ1v) is 8.17. The van der Waals surface area contributed by atoms with Crippen molar-refractivity contribution in [1.82, 2.24) is 9.88 Å². The van der Waals surface area contributed by atoms with E-state index in [1.165, 1.54) is 11.3 Å². The lowest BCUT2D eigenvalue weighted by atomic mass is 9.91. The first-order valence-electron chi connectivity index (χ1n) is 7.36. The molecule has 2 rings (SSSR count). The van der Waals surface area contributed by atoms with Crippen molar-refractivity contribution in [3.63, 3.8) is 0 Å². The van der Waals surface area contributed by atoms with Gasteiger partial charge in [-0.15, -0.1) is 0 Å². The van der Waals surface area contributed by atoms with Gasteiger partial charge in [0.2, 0.25) is 0 Å². The Kier molecular flexibility index (Phi) is 4.58. The number of likely N-dealkylation sites (N-methyl/N-ethyl adjacent to an activating group) is 1. The van der Waals surface area contributed by atoms with Crippen molar-refractivity contribution in [1.29, 1.82) is 0 Å². The van der Waals surface area contributed by atoms with Gasteiger partial charge in [-0.1, -0.05) is 32.1 Å².